The van der Waals surface area contributed by atoms with Gasteiger partial charge in [-0.05, 0) is 30.2 Å². The van der Waals surface area contributed by atoms with E-state index in [4.69, 9.17) is 5.11 Å². The summed E-state index contributed by atoms with van der Waals surface area (Å²) in [5.41, 5.74) is 1.04. The molecule has 0 saturated carbocycles. The van der Waals surface area contributed by atoms with Gasteiger partial charge in [0.05, 0.1) is 6.42 Å². The fourth-order valence-electron chi connectivity index (χ4n) is 2.42. The van der Waals surface area contributed by atoms with Crippen LogP contribution in [0.15, 0.2) is 48.5 Å². The van der Waals surface area contributed by atoms with Gasteiger partial charge in [-0.1, -0.05) is 30.3 Å². The van der Waals surface area contributed by atoms with E-state index < -0.39 is 11.6 Å². The summed E-state index contributed by atoms with van der Waals surface area (Å²) < 4.78 is 26.6. The summed E-state index contributed by atoms with van der Waals surface area (Å²) in [6.45, 7) is 0.342. The molecule has 2 rings (SSSR count). The first kappa shape index (κ1) is 17.1. The molecule has 0 saturated heterocycles. The van der Waals surface area contributed by atoms with E-state index in [9.17, 15) is 13.6 Å². The summed E-state index contributed by atoms with van der Waals surface area (Å²) in [6, 6.07) is 12.6. The molecule has 1 atom stereocenters. The molecule has 0 aromatic heterocycles. The first-order valence-corrected chi connectivity index (χ1v) is 7.46. The second kappa shape index (κ2) is 8.39. The predicted molar refractivity (Wildman–Crippen MR) is 84.0 cm³/mol. The van der Waals surface area contributed by atoms with Gasteiger partial charge >= 0.3 is 0 Å². The van der Waals surface area contributed by atoms with Gasteiger partial charge in [-0.15, -0.1) is 0 Å². The van der Waals surface area contributed by atoms with Crippen molar-refractivity contribution < 1.29 is 18.7 Å². The number of halogens is 2. The van der Waals surface area contributed by atoms with E-state index in [2.05, 4.69) is 5.32 Å². The number of hydrogen-bond acceptors (Lipinski definition) is 2. The maximum Gasteiger partial charge on any atom is 0.224 e. The molecule has 0 aliphatic rings. The summed E-state index contributed by atoms with van der Waals surface area (Å²) in [4.78, 5) is 12.0. The second-order valence-corrected chi connectivity index (χ2v) is 5.34. The Morgan fingerprint density at radius 3 is 2.57 bits per heavy atom. The van der Waals surface area contributed by atoms with Gasteiger partial charge < -0.3 is 10.4 Å². The summed E-state index contributed by atoms with van der Waals surface area (Å²) in [7, 11) is 0. The molecule has 23 heavy (non-hydrogen) atoms. The van der Waals surface area contributed by atoms with E-state index in [0.29, 0.717) is 13.0 Å². The highest BCUT2D eigenvalue weighted by molar-refractivity contribution is 5.78. The van der Waals surface area contributed by atoms with Gasteiger partial charge in [0.1, 0.15) is 11.6 Å². The van der Waals surface area contributed by atoms with Crippen molar-refractivity contribution in [3.63, 3.8) is 0 Å². The smallest absolute Gasteiger partial charge is 0.224 e. The Bertz CT molecular complexity index is 647. The first-order valence-electron chi connectivity index (χ1n) is 7.46. The normalized spacial score (nSPS) is 12.0. The van der Waals surface area contributed by atoms with Gasteiger partial charge in [0.2, 0.25) is 5.91 Å². The summed E-state index contributed by atoms with van der Waals surface area (Å²) in [6.07, 6.45) is 0.294. The number of amides is 1. The molecular formula is C18H19F2NO2. The lowest BCUT2D eigenvalue weighted by molar-refractivity contribution is -0.120. The Kier molecular flexibility index (Phi) is 6.23. The van der Waals surface area contributed by atoms with Crippen molar-refractivity contribution >= 4 is 5.91 Å². The monoisotopic (exact) mass is 319 g/mol. The summed E-state index contributed by atoms with van der Waals surface area (Å²) in [5, 5.41) is 11.9. The average molecular weight is 319 g/mol. The highest BCUT2D eigenvalue weighted by atomic mass is 19.1. The molecule has 2 aromatic rings. The van der Waals surface area contributed by atoms with Crippen LogP contribution in [0.1, 0.15) is 23.5 Å². The van der Waals surface area contributed by atoms with Gasteiger partial charge in [-0.3, -0.25) is 4.79 Å². The molecule has 0 bridgehead atoms. The molecule has 0 spiro atoms. The molecule has 0 radical (unpaired) electrons. The van der Waals surface area contributed by atoms with Crippen LogP contribution >= 0.6 is 0 Å². The van der Waals surface area contributed by atoms with Crippen molar-refractivity contribution in [1.29, 1.82) is 0 Å². The Morgan fingerprint density at radius 2 is 1.87 bits per heavy atom. The summed E-state index contributed by atoms with van der Waals surface area (Å²) in [5.74, 6) is -1.58. The lowest BCUT2D eigenvalue weighted by Gasteiger charge is -2.17. The Labute approximate surface area is 134 Å². The van der Waals surface area contributed by atoms with Gasteiger partial charge in [0, 0.05) is 24.6 Å². The number of aliphatic hydroxyl groups excluding tert-OH is 1. The van der Waals surface area contributed by atoms with E-state index in [1.165, 1.54) is 0 Å². The van der Waals surface area contributed by atoms with Crippen LogP contribution in [0.3, 0.4) is 0 Å². The number of carbonyl (C=O) groups is 1. The van der Waals surface area contributed by atoms with Crippen LogP contribution in [0.5, 0.6) is 0 Å². The van der Waals surface area contributed by atoms with Gasteiger partial charge in [0.25, 0.3) is 0 Å². The molecular weight excluding hydrogens is 300 g/mol. The van der Waals surface area contributed by atoms with Gasteiger partial charge in [-0.2, -0.15) is 0 Å². The van der Waals surface area contributed by atoms with Crippen LogP contribution in [0, 0.1) is 11.6 Å². The van der Waals surface area contributed by atoms with Gasteiger partial charge in [-0.25, -0.2) is 8.78 Å². The van der Waals surface area contributed by atoms with Crippen LogP contribution in [0.25, 0.3) is 0 Å². The van der Waals surface area contributed by atoms with Crippen molar-refractivity contribution in [3.05, 3.63) is 71.3 Å². The summed E-state index contributed by atoms with van der Waals surface area (Å²) >= 11 is 0. The van der Waals surface area contributed by atoms with E-state index in [1.54, 1.807) is 0 Å². The topological polar surface area (TPSA) is 49.3 Å². The zero-order chi connectivity index (χ0) is 16.7. The minimum atomic E-state index is -0.600. The zero-order valence-electron chi connectivity index (χ0n) is 12.6. The average Bonchev–Trinajstić information content (AvgIpc) is 2.55. The molecule has 5 heteroatoms. The third kappa shape index (κ3) is 5.14. The second-order valence-electron chi connectivity index (χ2n) is 5.34. The Morgan fingerprint density at radius 1 is 1.13 bits per heavy atom. The number of aliphatic hydroxyl groups is 1. The standard InChI is InChI=1S/C18H19F2NO2/c19-16-6-7-17(20)15(10-16)11-18(23)21-12-14(8-9-22)13-4-2-1-3-5-13/h1-7,10,14,22H,8-9,11-12H2,(H,21,23). The quantitative estimate of drug-likeness (QED) is 0.824. The van der Waals surface area contributed by atoms with Crippen molar-refractivity contribution in [1.82, 2.24) is 5.32 Å². The minimum absolute atomic E-state index is 0.00789. The fraction of sp³-hybridized carbons (Fsp3) is 0.278. The number of carbonyl (C=O) groups excluding carboxylic acids is 1. The Hall–Kier alpha value is -2.27. The molecule has 2 aromatic carbocycles. The minimum Gasteiger partial charge on any atom is -0.396 e. The van der Waals surface area contributed by atoms with Crippen molar-refractivity contribution in [3.8, 4) is 0 Å². The SMILES string of the molecule is O=C(Cc1cc(F)ccc1F)NCC(CCO)c1ccccc1. The first-order chi connectivity index (χ1) is 11.1. The molecule has 1 amide bonds. The van der Waals surface area contributed by atoms with E-state index in [0.717, 1.165) is 23.8 Å². The number of benzene rings is 2. The van der Waals surface area contributed by atoms with Gasteiger partial charge in [0.15, 0.2) is 0 Å². The highest BCUT2D eigenvalue weighted by Gasteiger charge is 2.14. The Balaban J connectivity index is 1.95. The molecule has 3 nitrogen and oxygen atoms in total. The predicted octanol–water partition coefficient (Wildman–Crippen LogP) is 2.79. The molecule has 122 valence electrons. The zero-order valence-corrected chi connectivity index (χ0v) is 12.6. The van der Waals surface area contributed by atoms with E-state index >= 15 is 0 Å². The third-order valence-electron chi connectivity index (χ3n) is 3.65. The largest absolute Gasteiger partial charge is 0.396 e. The van der Waals surface area contributed by atoms with Crippen LogP contribution in [0.2, 0.25) is 0 Å². The maximum atomic E-state index is 13.5. The lowest BCUT2D eigenvalue weighted by atomic mass is 9.96. The van der Waals surface area contributed by atoms with Crippen LogP contribution in [0.4, 0.5) is 8.78 Å². The van der Waals surface area contributed by atoms with Crippen molar-refractivity contribution in [2.45, 2.75) is 18.8 Å². The molecule has 0 aliphatic heterocycles. The van der Waals surface area contributed by atoms with E-state index in [1.807, 2.05) is 30.3 Å². The molecule has 2 N–H and O–H groups in total. The van der Waals surface area contributed by atoms with Crippen LogP contribution in [-0.4, -0.2) is 24.2 Å². The molecule has 1 unspecified atom stereocenters. The maximum absolute atomic E-state index is 13.5. The highest BCUT2D eigenvalue weighted by Crippen LogP contribution is 2.18. The molecule has 0 aliphatic carbocycles. The van der Waals surface area contributed by atoms with Crippen molar-refractivity contribution in [2.75, 3.05) is 13.2 Å². The molecule has 0 heterocycles. The number of nitrogens with one attached hydrogen (secondary N) is 1. The van der Waals surface area contributed by atoms with Crippen molar-refractivity contribution in [2.24, 2.45) is 0 Å². The van der Waals surface area contributed by atoms with Crippen LogP contribution in [-0.2, 0) is 11.2 Å². The lowest BCUT2D eigenvalue weighted by Crippen LogP contribution is -2.30. The fourth-order valence-corrected chi connectivity index (χ4v) is 2.42. The van der Waals surface area contributed by atoms with Crippen LogP contribution < -0.4 is 5.32 Å². The number of hydrogen-bond donors (Lipinski definition) is 2. The van der Waals surface area contributed by atoms with E-state index in [-0.39, 0.29) is 30.4 Å². The third-order valence-corrected chi connectivity index (χ3v) is 3.65. The number of rotatable bonds is 7. The molecule has 0 fully saturated rings.